The van der Waals surface area contributed by atoms with Crippen molar-refractivity contribution in [2.45, 2.75) is 26.3 Å². The molecule has 0 aliphatic rings. The fraction of sp³-hybridized carbons (Fsp3) is 0.312. The lowest BCUT2D eigenvalue weighted by Gasteiger charge is -2.18. The highest BCUT2D eigenvalue weighted by molar-refractivity contribution is 6.31. The van der Waals surface area contributed by atoms with Crippen LogP contribution in [0.15, 0.2) is 36.5 Å². The first-order chi connectivity index (χ1) is 9.10. The third kappa shape index (κ3) is 3.55. The Bertz CT molecular complexity index is 549. The van der Waals surface area contributed by atoms with Crippen LogP contribution in [0.4, 0.5) is 0 Å². The number of nitrogens with zero attached hydrogens (tertiary/aromatic N) is 1. The van der Waals surface area contributed by atoms with Gasteiger partial charge in [0, 0.05) is 29.4 Å². The molecule has 2 rings (SSSR count). The minimum atomic E-state index is 0.184. The predicted octanol–water partition coefficient (Wildman–Crippen LogP) is 3.86. The van der Waals surface area contributed by atoms with Crippen molar-refractivity contribution in [2.24, 2.45) is 0 Å². The lowest BCUT2D eigenvalue weighted by atomic mass is 10.0. The summed E-state index contributed by atoms with van der Waals surface area (Å²) in [6, 6.07) is 10.5. The molecule has 0 saturated heterocycles. The van der Waals surface area contributed by atoms with Crippen molar-refractivity contribution in [1.82, 2.24) is 10.3 Å². The first-order valence-electron chi connectivity index (χ1n) is 6.45. The highest BCUT2D eigenvalue weighted by atomic mass is 35.5. The lowest BCUT2D eigenvalue weighted by Crippen LogP contribution is -2.19. The molecule has 1 aromatic carbocycles. The van der Waals surface area contributed by atoms with Crippen LogP contribution in [0.25, 0.3) is 0 Å². The van der Waals surface area contributed by atoms with Crippen LogP contribution in [-0.2, 0) is 6.42 Å². The van der Waals surface area contributed by atoms with E-state index in [1.54, 1.807) is 0 Å². The van der Waals surface area contributed by atoms with Gasteiger partial charge >= 0.3 is 0 Å². The van der Waals surface area contributed by atoms with Gasteiger partial charge in [-0.3, -0.25) is 4.98 Å². The Morgan fingerprint density at radius 1 is 1.16 bits per heavy atom. The minimum absolute atomic E-state index is 0.184. The number of hydrogen-bond donors (Lipinski definition) is 1. The first-order valence-corrected chi connectivity index (χ1v) is 6.83. The maximum Gasteiger partial charge on any atom is 0.0456 e. The molecule has 0 fully saturated rings. The Morgan fingerprint density at radius 2 is 1.89 bits per heavy atom. The van der Waals surface area contributed by atoms with Crippen LogP contribution in [0, 0.1) is 13.8 Å². The third-order valence-corrected chi connectivity index (χ3v) is 3.59. The van der Waals surface area contributed by atoms with E-state index in [-0.39, 0.29) is 6.04 Å². The second-order valence-corrected chi connectivity index (χ2v) is 5.30. The van der Waals surface area contributed by atoms with Gasteiger partial charge < -0.3 is 5.32 Å². The van der Waals surface area contributed by atoms with Gasteiger partial charge in [-0.1, -0.05) is 29.8 Å². The smallest absolute Gasteiger partial charge is 0.0456 e. The number of pyridine rings is 1. The van der Waals surface area contributed by atoms with E-state index < -0.39 is 0 Å². The molecular formula is C16H19ClN2. The van der Waals surface area contributed by atoms with E-state index in [0.717, 1.165) is 22.7 Å². The third-order valence-electron chi connectivity index (χ3n) is 3.27. The Balaban J connectivity index is 2.22. The van der Waals surface area contributed by atoms with Gasteiger partial charge in [0.15, 0.2) is 0 Å². The average Bonchev–Trinajstić information content (AvgIpc) is 2.39. The molecule has 2 aromatic rings. The fourth-order valence-corrected chi connectivity index (χ4v) is 2.48. The zero-order valence-electron chi connectivity index (χ0n) is 11.6. The zero-order chi connectivity index (χ0) is 13.8. The van der Waals surface area contributed by atoms with E-state index in [2.05, 4.69) is 34.6 Å². The molecule has 1 unspecified atom stereocenters. The molecule has 0 aliphatic carbocycles. The van der Waals surface area contributed by atoms with E-state index in [4.69, 9.17) is 11.6 Å². The molecule has 19 heavy (non-hydrogen) atoms. The van der Waals surface area contributed by atoms with Gasteiger partial charge in [0.1, 0.15) is 0 Å². The number of aromatic nitrogens is 1. The number of nitrogens with one attached hydrogen (secondary N) is 1. The Hall–Kier alpha value is -1.38. The van der Waals surface area contributed by atoms with Gasteiger partial charge in [0.25, 0.3) is 0 Å². The van der Waals surface area contributed by atoms with Gasteiger partial charge in [-0.25, -0.2) is 0 Å². The van der Waals surface area contributed by atoms with Gasteiger partial charge in [0.05, 0.1) is 0 Å². The summed E-state index contributed by atoms with van der Waals surface area (Å²) in [5, 5.41) is 4.13. The monoisotopic (exact) mass is 274 g/mol. The number of rotatable bonds is 4. The van der Waals surface area contributed by atoms with Gasteiger partial charge in [-0.05, 0) is 49.7 Å². The number of halogens is 1. The molecular weight excluding hydrogens is 256 g/mol. The average molecular weight is 275 g/mol. The summed E-state index contributed by atoms with van der Waals surface area (Å²) in [5.74, 6) is 0. The van der Waals surface area contributed by atoms with Gasteiger partial charge in [-0.15, -0.1) is 0 Å². The number of hydrogen-bond acceptors (Lipinski definition) is 2. The molecule has 0 bridgehead atoms. The minimum Gasteiger partial charge on any atom is -0.313 e. The number of aryl methyl sites for hydroxylation is 2. The van der Waals surface area contributed by atoms with E-state index in [1.165, 1.54) is 11.1 Å². The fourth-order valence-electron chi connectivity index (χ4n) is 2.11. The lowest BCUT2D eigenvalue weighted by molar-refractivity contribution is 0.584. The molecule has 1 aromatic heterocycles. The number of benzene rings is 1. The second kappa shape index (κ2) is 6.18. The SMILES string of the molecule is CNC(Cc1ccc(C)cn1)c1ccc(C)cc1Cl. The van der Waals surface area contributed by atoms with Crippen molar-refractivity contribution in [3.05, 3.63) is 63.9 Å². The summed E-state index contributed by atoms with van der Waals surface area (Å²) in [7, 11) is 1.95. The topological polar surface area (TPSA) is 24.9 Å². The molecule has 0 spiro atoms. The summed E-state index contributed by atoms with van der Waals surface area (Å²) < 4.78 is 0. The normalized spacial score (nSPS) is 12.4. The zero-order valence-corrected chi connectivity index (χ0v) is 12.3. The van der Waals surface area contributed by atoms with Crippen molar-refractivity contribution in [3.63, 3.8) is 0 Å². The summed E-state index contributed by atoms with van der Waals surface area (Å²) in [4.78, 5) is 4.46. The van der Waals surface area contributed by atoms with Crippen LogP contribution >= 0.6 is 11.6 Å². The summed E-state index contributed by atoms with van der Waals surface area (Å²) in [6.07, 6.45) is 2.73. The molecule has 0 aliphatic heterocycles. The van der Waals surface area contributed by atoms with Crippen LogP contribution in [-0.4, -0.2) is 12.0 Å². The summed E-state index contributed by atoms with van der Waals surface area (Å²) >= 11 is 6.33. The Morgan fingerprint density at radius 3 is 2.47 bits per heavy atom. The van der Waals surface area contributed by atoms with Crippen molar-refractivity contribution in [2.75, 3.05) is 7.05 Å². The van der Waals surface area contributed by atoms with Gasteiger partial charge in [-0.2, -0.15) is 0 Å². The van der Waals surface area contributed by atoms with Crippen molar-refractivity contribution < 1.29 is 0 Å². The van der Waals surface area contributed by atoms with Crippen molar-refractivity contribution >= 4 is 11.6 Å². The van der Waals surface area contributed by atoms with Crippen molar-refractivity contribution in [3.8, 4) is 0 Å². The molecule has 1 heterocycles. The molecule has 1 atom stereocenters. The molecule has 0 amide bonds. The Labute approximate surface area is 119 Å². The van der Waals surface area contributed by atoms with E-state index in [1.807, 2.05) is 33.2 Å². The van der Waals surface area contributed by atoms with Crippen LogP contribution in [0.5, 0.6) is 0 Å². The largest absolute Gasteiger partial charge is 0.313 e. The second-order valence-electron chi connectivity index (χ2n) is 4.90. The molecule has 0 saturated carbocycles. The maximum atomic E-state index is 6.33. The Kier molecular flexibility index (Phi) is 4.56. The summed E-state index contributed by atoms with van der Waals surface area (Å²) in [6.45, 7) is 4.09. The maximum absolute atomic E-state index is 6.33. The highest BCUT2D eigenvalue weighted by Gasteiger charge is 2.14. The van der Waals surface area contributed by atoms with Gasteiger partial charge in [0.2, 0.25) is 0 Å². The molecule has 2 nitrogen and oxygen atoms in total. The summed E-state index contributed by atoms with van der Waals surface area (Å²) in [5.41, 5.74) is 4.55. The van der Waals surface area contributed by atoms with Crippen LogP contribution < -0.4 is 5.32 Å². The standard InChI is InChI=1S/C16H19ClN2/c1-11-5-7-14(15(17)8-11)16(18-3)9-13-6-4-12(2)10-19-13/h4-8,10,16,18H,9H2,1-3H3. The molecule has 0 radical (unpaired) electrons. The molecule has 1 N–H and O–H groups in total. The van der Waals surface area contributed by atoms with Crippen LogP contribution in [0.1, 0.15) is 28.4 Å². The van der Waals surface area contributed by atoms with Crippen molar-refractivity contribution in [1.29, 1.82) is 0 Å². The van der Waals surface area contributed by atoms with E-state index in [9.17, 15) is 0 Å². The predicted molar refractivity (Wildman–Crippen MR) is 80.7 cm³/mol. The quantitative estimate of drug-likeness (QED) is 0.916. The molecule has 100 valence electrons. The first kappa shape index (κ1) is 14.0. The van der Waals surface area contributed by atoms with Crippen LogP contribution in [0.3, 0.4) is 0 Å². The molecule has 3 heteroatoms. The van der Waals surface area contributed by atoms with E-state index >= 15 is 0 Å². The highest BCUT2D eigenvalue weighted by Crippen LogP contribution is 2.26. The number of likely N-dealkylation sites (N-methyl/N-ethyl adjacent to an activating group) is 1. The van der Waals surface area contributed by atoms with E-state index in [0.29, 0.717) is 0 Å². The van der Waals surface area contributed by atoms with Crippen LogP contribution in [0.2, 0.25) is 5.02 Å².